The number of likely N-dealkylation sites (N-methyl/N-ethyl adjacent to an activating group) is 1. The van der Waals surface area contributed by atoms with E-state index in [1.165, 1.54) is 18.3 Å². The lowest BCUT2D eigenvalue weighted by Gasteiger charge is -2.21. The topological polar surface area (TPSA) is 63.4 Å². The van der Waals surface area contributed by atoms with Crippen molar-refractivity contribution in [3.63, 3.8) is 0 Å². The minimum atomic E-state index is -3.71. The smallest absolute Gasteiger partial charge is 0.243 e. The van der Waals surface area contributed by atoms with Crippen molar-refractivity contribution in [3.05, 3.63) is 35.2 Å². The number of sulfonamides is 1. The van der Waals surface area contributed by atoms with E-state index in [-0.39, 0.29) is 22.7 Å². The highest BCUT2D eigenvalue weighted by Gasteiger charge is 2.26. The fourth-order valence-corrected chi connectivity index (χ4v) is 3.61. The summed E-state index contributed by atoms with van der Waals surface area (Å²) in [5.74, 6) is -0.600. The fraction of sp³-hybridized carbons (Fsp3) is 0.385. The summed E-state index contributed by atoms with van der Waals surface area (Å²) >= 11 is 0. The Bertz CT molecular complexity index is 624. The molecule has 1 aromatic rings. The van der Waals surface area contributed by atoms with Gasteiger partial charge in [0.05, 0.1) is 10.6 Å². The first-order valence-corrected chi connectivity index (χ1v) is 7.19. The maximum Gasteiger partial charge on any atom is 0.243 e. The van der Waals surface area contributed by atoms with E-state index in [0.717, 1.165) is 11.6 Å². The standard InChI is InChI=1S/C13H19FN2O2S/c1-8(2)7-16(5)19(17,18)13-9(3)6-11(14)12(15)10(13)4/h6H,1,7,15H2,2-5H3. The first kappa shape index (κ1) is 15.7. The minimum absolute atomic E-state index is 0.0650. The van der Waals surface area contributed by atoms with Crippen molar-refractivity contribution < 1.29 is 12.8 Å². The minimum Gasteiger partial charge on any atom is -0.396 e. The molecule has 1 aromatic carbocycles. The third-order valence-electron chi connectivity index (χ3n) is 2.86. The molecule has 0 fully saturated rings. The van der Waals surface area contributed by atoms with Crippen LogP contribution in [0.1, 0.15) is 18.1 Å². The number of aryl methyl sites for hydroxylation is 1. The van der Waals surface area contributed by atoms with Crippen LogP contribution in [0.4, 0.5) is 10.1 Å². The molecule has 0 bridgehead atoms. The Morgan fingerprint density at radius 3 is 2.47 bits per heavy atom. The van der Waals surface area contributed by atoms with E-state index in [9.17, 15) is 12.8 Å². The highest BCUT2D eigenvalue weighted by molar-refractivity contribution is 7.89. The first-order chi connectivity index (χ1) is 8.59. The van der Waals surface area contributed by atoms with Gasteiger partial charge in [-0.3, -0.25) is 0 Å². The van der Waals surface area contributed by atoms with Gasteiger partial charge in [-0.1, -0.05) is 12.2 Å². The molecule has 0 unspecified atom stereocenters. The van der Waals surface area contributed by atoms with Gasteiger partial charge in [-0.05, 0) is 38.0 Å². The van der Waals surface area contributed by atoms with E-state index in [1.807, 2.05) is 0 Å². The van der Waals surface area contributed by atoms with Crippen LogP contribution in [-0.2, 0) is 10.0 Å². The van der Waals surface area contributed by atoms with Gasteiger partial charge in [0, 0.05) is 13.6 Å². The maximum absolute atomic E-state index is 13.5. The molecule has 0 aliphatic heterocycles. The molecule has 2 N–H and O–H groups in total. The second-order valence-electron chi connectivity index (χ2n) is 4.76. The van der Waals surface area contributed by atoms with Crippen molar-refractivity contribution in [2.45, 2.75) is 25.7 Å². The quantitative estimate of drug-likeness (QED) is 0.682. The molecule has 0 saturated carbocycles. The van der Waals surface area contributed by atoms with Crippen molar-refractivity contribution in [2.24, 2.45) is 0 Å². The van der Waals surface area contributed by atoms with Crippen LogP contribution < -0.4 is 5.73 Å². The molecule has 106 valence electrons. The normalized spacial score (nSPS) is 11.9. The van der Waals surface area contributed by atoms with E-state index in [1.54, 1.807) is 13.8 Å². The Morgan fingerprint density at radius 1 is 1.47 bits per heavy atom. The van der Waals surface area contributed by atoms with Crippen LogP contribution in [0, 0.1) is 19.7 Å². The predicted octanol–water partition coefficient (Wildman–Crippen LogP) is 2.22. The number of halogens is 1. The number of anilines is 1. The van der Waals surface area contributed by atoms with Crippen LogP contribution in [-0.4, -0.2) is 26.3 Å². The Hall–Kier alpha value is -1.40. The van der Waals surface area contributed by atoms with Crippen molar-refractivity contribution in [2.75, 3.05) is 19.3 Å². The summed E-state index contributed by atoms with van der Waals surface area (Å²) in [6.45, 7) is 8.70. The highest BCUT2D eigenvalue weighted by Crippen LogP contribution is 2.29. The van der Waals surface area contributed by atoms with Crippen LogP contribution in [0.5, 0.6) is 0 Å². The molecule has 19 heavy (non-hydrogen) atoms. The monoisotopic (exact) mass is 286 g/mol. The van der Waals surface area contributed by atoms with Crippen LogP contribution in [0.25, 0.3) is 0 Å². The third kappa shape index (κ3) is 2.96. The molecule has 0 atom stereocenters. The van der Waals surface area contributed by atoms with Crippen molar-refractivity contribution in [1.82, 2.24) is 4.31 Å². The lowest BCUT2D eigenvalue weighted by Crippen LogP contribution is -2.29. The zero-order valence-electron chi connectivity index (χ0n) is 11.6. The number of nitrogens with zero attached hydrogens (tertiary/aromatic N) is 1. The molecule has 0 spiro atoms. The Kier molecular flexibility index (Phi) is 4.37. The molecule has 0 aliphatic carbocycles. The van der Waals surface area contributed by atoms with E-state index >= 15 is 0 Å². The van der Waals surface area contributed by atoms with E-state index in [4.69, 9.17) is 5.73 Å². The van der Waals surface area contributed by atoms with Gasteiger partial charge in [-0.15, -0.1) is 0 Å². The number of nitrogens with two attached hydrogens (primary N) is 1. The third-order valence-corrected chi connectivity index (χ3v) is 4.96. The second-order valence-corrected chi connectivity index (χ2v) is 6.74. The summed E-state index contributed by atoms with van der Waals surface area (Å²) in [6.07, 6.45) is 0. The summed E-state index contributed by atoms with van der Waals surface area (Å²) in [5.41, 5.74) is 6.75. The van der Waals surface area contributed by atoms with E-state index in [2.05, 4.69) is 6.58 Å². The number of nitrogen functional groups attached to an aromatic ring is 1. The van der Waals surface area contributed by atoms with Crippen molar-refractivity contribution in [3.8, 4) is 0 Å². The van der Waals surface area contributed by atoms with Crippen molar-refractivity contribution in [1.29, 1.82) is 0 Å². The van der Waals surface area contributed by atoms with Gasteiger partial charge in [-0.25, -0.2) is 12.8 Å². The molecule has 0 aromatic heterocycles. The van der Waals surface area contributed by atoms with Crippen LogP contribution in [0.3, 0.4) is 0 Å². The van der Waals surface area contributed by atoms with Gasteiger partial charge < -0.3 is 5.73 Å². The fourth-order valence-electron chi connectivity index (χ4n) is 1.95. The number of benzene rings is 1. The van der Waals surface area contributed by atoms with Gasteiger partial charge in [-0.2, -0.15) is 4.31 Å². The van der Waals surface area contributed by atoms with Gasteiger partial charge >= 0.3 is 0 Å². The largest absolute Gasteiger partial charge is 0.396 e. The summed E-state index contributed by atoms with van der Waals surface area (Å²) < 4.78 is 39.6. The predicted molar refractivity (Wildman–Crippen MR) is 74.9 cm³/mol. The maximum atomic E-state index is 13.5. The number of rotatable bonds is 4. The van der Waals surface area contributed by atoms with Gasteiger partial charge in [0.15, 0.2) is 0 Å². The zero-order valence-corrected chi connectivity index (χ0v) is 12.4. The summed E-state index contributed by atoms with van der Waals surface area (Å²) in [7, 11) is -2.25. The first-order valence-electron chi connectivity index (χ1n) is 5.75. The molecule has 0 saturated heterocycles. The van der Waals surface area contributed by atoms with Crippen LogP contribution in [0.2, 0.25) is 0 Å². The second kappa shape index (κ2) is 5.30. The molecule has 6 heteroatoms. The van der Waals surface area contributed by atoms with Crippen LogP contribution >= 0.6 is 0 Å². The molecular weight excluding hydrogens is 267 g/mol. The molecule has 4 nitrogen and oxygen atoms in total. The van der Waals surface area contributed by atoms with Gasteiger partial charge in [0.25, 0.3) is 0 Å². The molecule has 0 heterocycles. The zero-order chi connectivity index (χ0) is 15.0. The van der Waals surface area contributed by atoms with Gasteiger partial charge in [0.1, 0.15) is 5.82 Å². The Balaban J connectivity index is 3.46. The van der Waals surface area contributed by atoms with E-state index in [0.29, 0.717) is 5.56 Å². The molecule has 0 radical (unpaired) electrons. The highest BCUT2D eigenvalue weighted by atomic mass is 32.2. The van der Waals surface area contributed by atoms with Crippen LogP contribution in [0.15, 0.2) is 23.1 Å². The SMILES string of the molecule is C=C(C)CN(C)S(=O)(=O)c1c(C)cc(F)c(N)c1C. The Morgan fingerprint density at radius 2 is 2.00 bits per heavy atom. The van der Waals surface area contributed by atoms with E-state index < -0.39 is 15.8 Å². The average Bonchev–Trinajstić information content (AvgIpc) is 2.24. The number of hydrogen-bond acceptors (Lipinski definition) is 3. The summed E-state index contributed by atoms with van der Waals surface area (Å²) in [4.78, 5) is 0.0650. The summed E-state index contributed by atoms with van der Waals surface area (Å²) in [5, 5.41) is 0. The lowest BCUT2D eigenvalue weighted by molar-refractivity contribution is 0.491. The van der Waals surface area contributed by atoms with Gasteiger partial charge in [0.2, 0.25) is 10.0 Å². The molecule has 0 aliphatic rings. The Labute approximate surface area is 113 Å². The number of hydrogen-bond donors (Lipinski definition) is 1. The van der Waals surface area contributed by atoms with Crippen molar-refractivity contribution >= 4 is 15.7 Å². The molecule has 1 rings (SSSR count). The average molecular weight is 286 g/mol. The molecular formula is C13H19FN2O2S. The molecule has 0 amide bonds. The summed E-state index contributed by atoms with van der Waals surface area (Å²) in [6, 6.07) is 1.14. The lowest BCUT2D eigenvalue weighted by atomic mass is 10.1.